The van der Waals surface area contributed by atoms with Gasteiger partial charge in [-0.3, -0.25) is 4.79 Å². The fourth-order valence-corrected chi connectivity index (χ4v) is 3.40. The number of morpholine rings is 1. The van der Waals surface area contributed by atoms with Gasteiger partial charge in [0.05, 0.1) is 19.6 Å². The molecule has 4 rings (SSSR count). The van der Waals surface area contributed by atoms with Gasteiger partial charge in [-0.2, -0.15) is 0 Å². The number of rotatable bonds is 5. The van der Waals surface area contributed by atoms with E-state index in [4.69, 9.17) is 30.5 Å². The van der Waals surface area contributed by atoms with Crippen molar-refractivity contribution in [2.45, 2.75) is 19.4 Å². The molecule has 148 valence electrons. The highest BCUT2D eigenvalue weighted by Gasteiger charge is 2.25. The molecule has 0 saturated carbocycles. The number of aryl methyl sites for hydroxylation is 1. The van der Waals surface area contributed by atoms with Crippen LogP contribution in [0.4, 0.5) is 0 Å². The van der Waals surface area contributed by atoms with Gasteiger partial charge in [0.25, 0.3) is 0 Å². The summed E-state index contributed by atoms with van der Waals surface area (Å²) in [5.41, 5.74) is 1.87. The van der Waals surface area contributed by atoms with Gasteiger partial charge in [-0.1, -0.05) is 17.7 Å². The second-order valence-electron chi connectivity index (χ2n) is 6.92. The molecule has 7 heteroatoms. The molecule has 6 nitrogen and oxygen atoms in total. The zero-order valence-corrected chi connectivity index (χ0v) is 16.4. The lowest BCUT2D eigenvalue weighted by atomic mass is 10.1. The molecule has 2 aromatic carbocycles. The van der Waals surface area contributed by atoms with Gasteiger partial charge in [0.2, 0.25) is 12.7 Å². The zero-order chi connectivity index (χ0) is 19.5. The second kappa shape index (κ2) is 8.29. The molecule has 28 heavy (non-hydrogen) atoms. The Hall–Kier alpha value is -2.44. The summed E-state index contributed by atoms with van der Waals surface area (Å²) < 4.78 is 22.3. The summed E-state index contributed by atoms with van der Waals surface area (Å²) in [5.74, 6) is 2.22. The number of nitrogens with zero attached hydrogens (tertiary/aromatic N) is 1. The predicted molar refractivity (Wildman–Crippen MR) is 104 cm³/mol. The van der Waals surface area contributed by atoms with Crippen molar-refractivity contribution in [3.8, 4) is 17.2 Å². The van der Waals surface area contributed by atoms with Crippen LogP contribution in [0, 0.1) is 6.92 Å². The van der Waals surface area contributed by atoms with Crippen LogP contribution in [0.15, 0.2) is 36.4 Å². The van der Waals surface area contributed by atoms with Crippen LogP contribution < -0.4 is 14.2 Å². The van der Waals surface area contributed by atoms with Crippen molar-refractivity contribution in [2.24, 2.45) is 0 Å². The van der Waals surface area contributed by atoms with E-state index in [9.17, 15) is 4.79 Å². The van der Waals surface area contributed by atoms with Crippen LogP contribution >= 0.6 is 11.6 Å². The van der Waals surface area contributed by atoms with E-state index in [-0.39, 0.29) is 18.8 Å². The average Bonchev–Trinajstić information content (AvgIpc) is 3.17. The lowest BCUT2D eigenvalue weighted by molar-refractivity contribution is -0.139. The average molecular weight is 404 g/mol. The lowest BCUT2D eigenvalue weighted by Gasteiger charge is -2.33. The van der Waals surface area contributed by atoms with E-state index in [1.165, 1.54) is 0 Å². The molecule has 0 aliphatic carbocycles. The van der Waals surface area contributed by atoms with Crippen LogP contribution in [-0.2, 0) is 16.0 Å². The fourth-order valence-electron chi connectivity index (χ4n) is 3.28. The smallest absolute Gasteiger partial charge is 0.231 e. The molecule has 0 bridgehead atoms. The Labute approximate surface area is 168 Å². The summed E-state index contributed by atoms with van der Waals surface area (Å²) in [6, 6.07) is 11.2. The molecule has 0 radical (unpaired) electrons. The van der Waals surface area contributed by atoms with Crippen LogP contribution in [0.25, 0.3) is 0 Å². The van der Waals surface area contributed by atoms with Crippen molar-refractivity contribution in [1.82, 2.24) is 4.90 Å². The third kappa shape index (κ3) is 4.34. The van der Waals surface area contributed by atoms with Gasteiger partial charge in [0.1, 0.15) is 18.5 Å². The van der Waals surface area contributed by atoms with Crippen LogP contribution in [0.5, 0.6) is 17.2 Å². The Kier molecular flexibility index (Phi) is 5.59. The predicted octanol–water partition coefficient (Wildman–Crippen LogP) is 3.23. The Bertz CT molecular complexity index is 872. The van der Waals surface area contributed by atoms with Crippen molar-refractivity contribution in [1.29, 1.82) is 0 Å². The van der Waals surface area contributed by atoms with Gasteiger partial charge in [-0.05, 0) is 48.4 Å². The molecule has 1 atom stereocenters. The topological polar surface area (TPSA) is 57.2 Å². The van der Waals surface area contributed by atoms with Crippen molar-refractivity contribution < 1.29 is 23.7 Å². The van der Waals surface area contributed by atoms with E-state index in [1.54, 1.807) is 0 Å². The first-order valence-electron chi connectivity index (χ1n) is 9.25. The molecule has 1 saturated heterocycles. The van der Waals surface area contributed by atoms with Gasteiger partial charge in [0, 0.05) is 11.6 Å². The number of halogens is 1. The monoisotopic (exact) mass is 403 g/mol. The quantitative estimate of drug-likeness (QED) is 0.767. The first-order valence-corrected chi connectivity index (χ1v) is 9.63. The fraction of sp³-hybridized carbons (Fsp3) is 0.381. The van der Waals surface area contributed by atoms with Crippen molar-refractivity contribution in [2.75, 3.05) is 33.1 Å². The highest BCUT2D eigenvalue weighted by Crippen LogP contribution is 2.32. The van der Waals surface area contributed by atoms with Crippen molar-refractivity contribution in [3.63, 3.8) is 0 Å². The van der Waals surface area contributed by atoms with E-state index >= 15 is 0 Å². The first kappa shape index (κ1) is 18.9. The van der Waals surface area contributed by atoms with Gasteiger partial charge in [0.15, 0.2) is 11.5 Å². The van der Waals surface area contributed by atoms with Gasteiger partial charge < -0.3 is 23.8 Å². The molecular formula is C21H22ClNO5. The van der Waals surface area contributed by atoms with E-state index in [2.05, 4.69) is 0 Å². The SMILES string of the molecule is Cc1cc(OCC2CN(C(=O)Cc3ccc4c(c3)OCO4)CCO2)ccc1Cl. The summed E-state index contributed by atoms with van der Waals surface area (Å²) in [5, 5.41) is 0.710. The Morgan fingerprint density at radius 3 is 2.93 bits per heavy atom. The summed E-state index contributed by atoms with van der Waals surface area (Å²) in [6.45, 7) is 4.14. The van der Waals surface area contributed by atoms with Gasteiger partial charge in [-0.15, -0.1) is 0 Å². The third-order valence-corrected chi connectivity index (χ3v) is 5.27. The summed E-state index contributed by atoms with van der Waals surface area (Å²) in [7, 11) is 0. The minimum absolute atomic E-state index is 0.0644. The second-order valence-corrected chi connectivity index (χ2v) is 7.33. The number of fused-ring (bicyclic) bond motifs is 1. The molecule has 2 heterocycles. The van der Waals surface area contributed by atoms with Gasteiger partial charge in [-0.25, -0.2) is 0 Å². The number of ether oxygens (including phenoxy) is 4. The maximum absolute atomic E-state index is 12.7. The molecule has 0 spiro atoms. The number of carbonyl (C=O) groups is 1. The van der Waals surface area contributed by atoms with Crippen LogP contribution in [0.3, 0.4) is 0 Å². The maximum atomic E-state index is 12.7. The zero-order valence-electron chi connectivity index (χ0n) is 15.7. The Morgan fingerprint density at radius 2 is 2.07 bits per heavy atom. The molecule has 2 aromatic rings. The number of hydrogen-bond donors (Lipinski definition) is 0. The molecule has 0 aromatic heterocycles. The highest BCUT2D eigenvalue weighted by molar-refractivity contribution is 6.31. The van der Waals surface area contributed by atoms with Crippen LogP contribution in [0.1, 0.15) is 11.1 Å². The number of benzene rings is 2. The van der Waals surface area contributed by atoms with Crippen molar-refractivity contribution in [3.05, 3.63) is 52.5 Å². The van der Waals surface area contributed by atoms with E-state index in [1.807, 2.05) is 48.2 Å². The molecule has 2 aliphatic heterocycles. The Balaban J connectivity index is 1.31. The maximum Gasteiger partial charge on any atom is 0.231 e. The molecule has 1 unspecified atom stereocenters. The first-order chi connectivity index (χ1) is 13.6. The molecule has 1 amide bonds. The number of amides is 1. The molecule has 2 aliphatic rings. The highest BCUT2D eigenvalue weighted by atomic mass is 35.5. The normalized spacial score (nSPS) is 18.2. The summed E-state index contributed by atoms with van der Waals surface area (Å²) in [6.07, 6.45) is 0.158. The van der Waals surface area contributed by atoms with Crippen LogP contribution in [0.2, 0.25) is 5.02 Å². The number of hydrogen-bond acceptors (Lipinski definition) is 5. The minimum Gasteiger partial charge on any atom is -0.491 e. The lowest BCUT2D eigenvalue weighted by Crippen LogP contribution is -2.48. The minimum atomic E-state index is -0.162. The van der Waals surface area contributed by atoms with E-state index < -0.39 is 0 Å². The Morgan fingerprint density at radius 1 is 1.21 bits per heavy atom. The standard InChI is InChI=1S/C21H22ClNO5/c1-14-8-16(3-4-18(14)22)26-12-17-11-23(6-7-25-17)21(24)10-15-2-5-19-20(9-15)28-13-27-19/h2-5,8-9,17H,6-7,10-13H2,1H3. The summed E-state index contributed by atoms with van der Waals surface area (Å²) in [4.78, 5) is 14.5. The molecule has 0 N–H and O–H groups in total. The molecular weight excluding hydrogens is 382 g/mol. The van der Waals surface area contributed by atoms with Crippen LogP contribution in [-0.4, -0.2) is 50.0 Å². The third-order valence-electron chi connectivity index (χ3n) is 4.85. The van der Waals surface area contributed by atoms with Crippen molar-refractivity contribution >= 4 is 17.5 Å². The number of carbonyl (C=O) groups excluding carboxylic acids is 1. The summed E-state index contributed by atoms with van der Waals surface area (Å²) >= 11 is 6.04. The largest absolute Gasteiger partial charge is 0.491 e. The van der Waals surface area contributed by atoms with Gasteiger partial charge >= 0.3 is 0 Å². The molecule has 1 fully saturated rings. The van der Waals surface area contributed by atoms with E-state index in [0.29, 0.717) is 43.5 Å². The van der Waals surface area contributed by atoms with E-state index in [0.717, 1.165) is 22.6 Å².